The van der Waals surface area contributed by atoms with Gasteiger partial charge >= 0.3 is 0 Å². The third kappa shape index (κ3) is 3.73. The van der Waals surface area contributed by atoms with E-state index in [-0.39, 0.29) is 0 Å². The van der Waals surface area contributed by atoms with Crippen LogP contribution in [0, 0.1) is 0 Å². The molecule has 0 fully saturated rings. The van der Waals surface area contributed by atoms with E-state index in [1.54, 1.807) is 0 Å². The maximum absolute atomic E-state index is 6.44. The molecule has 4 heteroatoms. The molecule has 0 N–H and O–H groups in total. The first-order valence-corrected chi connectivity index (χ1v) is 11.3. The fourth-order valence-corrected chi connectivity index (χ4v) is 5.38. The molecule has 2 aliphatic rings. The molecule has 2 aromatic carbocycles. The van der Waals surface area contributed by atoms with E-state index in [1.807, 2.05) is 11.3 Å². The van der Waals surface area contributed by atoms with Crippen LogP contribution in [0.4, 0.5) is 0 Å². The Hall–Kier alpha value is -2.14. The minimum atomic E-state index is 0.662. The van der Waals surface area contributed by atoms with Gasteiger partial charge in [0, 0.05) is 33.0 Å². The molecule has 1 aromatic heterocycles. The second kappa shape index (κ2) is 7.94. The molecule has 0 bridgehead atoms. The third-order valence-corrected chi connectivity index (χ3v) is 6.94. The maximum atomic E-state index is 6.44. The van der Waals surface area contributed by atoms with E-state index in [9.17, 15) is 0 Å². The summed E-state index contributed by atoms with van der Waals surface area (Å²) in [4.78, 5) is 4.73. The van der Waals surface area contributed by atoms with Crippen molar-refractivity contribution < 1.29 is 9.47 Å². The van der Waals surface area contributed by atoms with Gasteiger partial charge in [-0.05, 0) is 75.2 Å². The second-order valence-corrected chi connectivity index (χ2v) is 9.37. The fraction of sp³-hybridized carbons (Fsp3) is 0.360. The van der Waals surface area contributed by atoms with Crippen molar-refractivity contribution in [3.05, 3.63) is 58.5 Å². The lowest BCUT2D eigenvalue weighted by Gasteiger charge is -2.19. The summed E-state index contributed by atoms with van der Waals surface area (Å²) in [6, 6.07) is 15.4. The molecular weight excluding hydrogens is 378 g/mol. The highest BCUT2D eigenvalue weighted by Crippen LogP contribution is 2.51. The topological polar surface area (TPSA) is 21.7 Å². The van der Waals surface area contributed by atoms with E-state index < -0.39 is 0 Å². The summed E-state index contributed by atoms with van der Waals surface area (Å²) in [5.74, 6) is 1.94. The minimum absolute atomic E-state index is 0.662. The van der Waals surface area contributed by atoms with Gasteiger partial charge in [0.2, 0.25) is 0 Å². The number of nitrogens with zero attached hydrogens (tertiary/aromatic N) is 1. The standard InChI is InChI=1S/C25H27NO2S/c1-26(2)11-12-27-16-19-15-21-20-9-5-6-10-23(20)28-24-14-18-8-4-3-7-17(18)13-22(24)25(21)29-19/h5-6,9-10,13-15H,3-4,7-8,11-12,16H2,1-2H3. The number of ether oxygens (including phenoxy) is 2. The predicted octanol–water partition coefficient (Wildman–Crippen LogP) is 6.14. The molecule has 0 radical (unpaired) electrons. The Kier molecular flexibility index (Phi) is 5.17. The largest absolute Gasteiger partial charge is 0.456 e. The number of para-hydroxylation sites is 1. The van der Waals surface area contributed by atoms with Gasteiger partial charge in [-0.3, -0.25) is 0 Å². The molecular formula is C25H27NO2S. The molecule has 0 unspecified atom stereocenters. The van der Waals surface area contributed by atoms with Gasteiger partial charge in [-0.25, -0.2) is 0 Å². The van der Waals surface area contributed by atoms with E-state index in [1.165, 1.54) is 56.8 Å². The smallest absolute Gasteiger partial charge is 0.136 e. The zero-order valence-corrected chi connectivity index (χ0v) is 18.0. The molecule has 0 spiro atoms. The number of likely N-dealkylation sites (N-methyl/N-ethyl adjacent to an activating group) is 1. The van der Waals surface area contributed by atoms with E-state index in [0.29, 0.717) is 6.61 Å². The molecule has 0 saturated heterocycles. The predicted molar refractivity (Wildman–Crippen MR) is 120 cm³/mol. The number of hydrogen-bond acceptors (Lipinski definition) is 4. The van der Waals surface area contributed by atoms with E-state index in [0.717, 1.165) is 31.1 Å². The van der Waals surface area contributed by atoms with Crippen molar-refractivity contribution in [3.8, 4) is 33.1 Å². The molecule has 2 heterocycles. The summed E-state index contributed by atoms with van der Waals surface area (Å²) in [6.07, 6.45) is 4.91. The van der Waals surface area contributed by atoms with Gasteiger partial charge in [0.05, 0.1) is 13.2 Å². The summed E-state index contributed by atoms with van der Waals surface area (Å²) in [7, 11) is 4.15. The van der Waals surface area contributed by atoms with Crippen molar-refractivity contribution in [1.82, 2.24) is 4.90 Å². The molecule has 29 heavy (non-hydrogen) atoms. The molecule has 0 atom stereocenters. The number of rotatable bonds is 5. The molecule has 150 valence electrons. The SMILES string of the molecule is CN(C)CCOCc1cc2c(s1)-c1cc3c(cc1Oc1ccccc1-2)CCCC3. The van der Waals surface area contributed by atoms with Gasteiger partial charge in [0.25, 0.3) is 0 Å². The van der Waals surface area contributed by atoms with Gasteiger partial charge < -0.3 is 14.4 Å². The normalized spacial score (nSPS) is 14.4. The number of aryl methyl sites for hydroxylation is 2. The monoisotopic (exact) mass is 405 g/mol. The Morgan fingerprint density at radius 1 is 0.931 bits per heavy atom. The van der Waals surface area contributed by atoms with E-state index >= 15 is 0 Å². The summed E-state index contributed by atoms with van der Waals surface area (Å²) >= 11 is 1.85. The molecule has 3 nitrogen and oxygen atoms in total. The number of thiophene rings is 1. The number of hydrogen-bond donors (Lipinski definition) is 0. The van der Waals surface area contributed by atoms with Crippen LogP contribution in [-0.4, -0.2) is 32.1 Å². The summed E-state index contributed by atoms with van der Waals surface area (Å²) < 4.78 is 12.4. The zero-order valence-electron chi connectivity index (χ0n) is 17.2. The molecule has 5 rings (SSSR count). The molecule has 0 amide bonds. The van der Waals surface area contributed by atoms with Gasteiger partial charge in [0.15, 0.2) is 0 Å². The summed E-state index contributed by atoms with van der Waals surface area (Å²) in [5, 5.41) is 0. The van der Waals surface area contributed by atoms with Crippen LogP contribution < -0.4 is 4.74 Å². The maximum Gasteiger partial charge on any atom is 0.136 e. The molecule has 1 aliphatic carbocycles. The Bertz CT molecular complexity index is 1040. The van der Waals surface area contributed by atoms with Crippen LogP contribution in [-0.2, 0) is 24.2 Å². The lowest BCUT2D eigenvalue weighted by molar-refractivity contribution is 0.107. The Morgan fingerprint density at radius 2 is 1.72 bits per heavy atom. The van der Waals surface area contributed by atoms with Gasteiger partial charge in [-0.15, -0.1) is 11.3 Å². The minimum Gasteiger partial charge on any atom is -0.456 e. The first-order valence-electron chi connectivity index (χ1n) is 10.5. The quantitative estimate of drug-likeness (QED) is 0.372. The van der Waals surface area contributed by atoms with Crippen molar-refractivity contribution in [3.63, 3.8) is 0 Å². The number of fused-ring (bicyclic) bond motifs is 6. The Labute approximate surface area is 176 Å². The van der Waals surface area contributed by atoms with E-state index in [4.69, 9.17) is 9.47 Å². The van der Waals surface area contributed by atoms with Crippen molar-refractivity contribution in [1.29, 1.82) is 0 Å². The van der Waals surface area contributed by atoms with Crippen molar-refractivity contribution in [2.45, 2.75) is 32.3 Å². The van der Waals surface area contributed by atoms with Crippen LogP contribution in [0.5, 0.6) is 11.5 Å². The Morgan fingerprint density at radius 3 is 2.55 bits per heavy atom. The highest BCUT2D eigenvalue weighted by Gasteiger charge is 2.25. The average molecular weight is 406 g/mol. The van der Waals surface area contributed by atoms with Crippen LogP contribution in [0.3, 0.4) is 0 Å². The molecule has 0 saturated carbocycles. The van der Waals surface area contributed by atoms with Crippen LogP contribution in [0.1, 0.15) is 28.8 Å². The first kappa shape index (κ1) is 18.9. The van der Waals surface area contributed by atoms with Crippen LogP contribution >= 0.6 is 11.3 Å². The van der Waals surface area contributed by atoms with Crippen LogP contribution in [0.25, 0.3) is 21.6 Å². The molecule has 1 aliphatic heterocycles. The van der Waals surface area contributed by atoms with Gasteiger partial charge in [-0.1, -0.05) is 18.2 Å². The van der Waals surface area contributed by atoms with Gasteiger partial charge in [-0.2, -0.15) is 0 Å². The highest BCUT2D eigenvalue weighted by atomic mass is 32.1. The summed E-state index contributed by atoms with van der Waals surface area (Å²) in [5.41, 5.74) is 6.63. The average Bonchev–Trinajstić information content (AvgIpc) is 3.10. The highest BCUT2D eigenvalue weighted by molar-refractivity contribution is 7.16. The fourth-order valence-electron chi connectivity index (χ4n) is 4.25. The van der Waals surface area contributed by atoms with Crippen molar-refractivity contribution in [2.75, 3.05) is 27.2 Å². The Balaban J connectivity index is 1.56. The van der Waals surface area contributed by atoms with E-state index in [2.05, 4.69) is 61.5 Å². The van der Waals surface area contributed by atoms with Gasteiger partial charge in [0.1, 0.15) is 11.5 Å². The lowest BCUT2D eigenvalue weighted by Crippen LogP contribution is -2.17. The van der Waals surface area contributed by atoms with Crippen LogP contribution in [0.15, 0.2) is 42.5 Å². The van der Waals surface area contributed by atoms with Crippen molar-refractivity contribution in [2.24, 2.45) is 0 Å². The first-order chi connectivity index (χ1) is 14.2. The van der Waals surface area contributed by atoms with Crippen molar-refractivity contribution >= 4 is 11.3 Å². The number of benzene rings is 2. The summed E-state index contributed by atoms with van der Waals surface area (Å²) in [6.45, 7) is 2.35. The van der Waals surface area contributed by atoms with Crippen LogP contribution in [0.2, 0.25) is 0 Å². The second-order valence-electron chi connectivity index (χ2n) is 8.23. The molecule has 3 aromatic rings. The lowest BCUT2D eigenvalue weighted by atomic mass is 9.89. The third-order valence-electron chi connectivity index (χ3n) is 5.80. The zero-order chi connectivity index (χ0) is 19.8.